The van der Waals surface area contributed by atoms with Gasteiger partial charge in [-0.05, 0) is 49.9 Å². The number of rotatable bonds is 4. The molecular weight excluding hydrogens is 457 g/mol. The Morgan fingerprint density at radius 3 is 2.45 bits per heavy atom. The number of hydrogen-bond donors (Lipinski definition) is 1. The maximum Gasteiger partial charge on any atom is 0.393 e. The van der Waals surface area contributed by atoms with E-state index >= 15 is 0 Å². The Kier molecular flexibility index (Phi) is 6.96. The topological polar surface area (TPSA) is 82.1 Å². The van der Waals surface area contributed by atoms with Gasteiger partial charge in [0.1, 0.15) is 5.25 Å². The molecule has 0 aliphatic carbocycles. The summed E-state index contributed by atoms with van der Waals surface area (Å²) in [4.78, 5) is 44.6. The van der Waals surface area contributed by atoms with Crippen molar-refractivity contribution in [3.8, 4) is 0 Å². The third-order valence-corrected chi connectivity index (χ3v) is 7.28. The first kappa shape index (κ1) is 23.6. The second-order valence-electron chi connectivity index (χ2n) is 8.49. The molecule has 3 amide bonds. The Hall–Kier alpha value is -2.56. The maximum atomic E-state index is 13.0. The highest BCUT2D eigenvalue weighted by Gasteiger charge is 2.42. The minimum Gasteiger partial charge on any atom is -0.351 e. The van der Waals surface area contributed by atoms with Gasteiger partial charge in [0.05, 0.1) is 5.92 Å². The van der Waals surface area contributed by atoms with E-state index in [1.54, 1.807) is 0 Å². The molecule has 0 unspecified atom stereocenters. The largest absolute Gasteiger partial charge is 0.393 e. The number of anilines is 1. The second kappa shape index (κ2) is 9.74. The monoisotopic (exact) mass is 482 g/mol. The van der Waals surface area contributed by atoms with E-state index in [9.17, 15) is 27.6 Å². The molecule has 178 valence electrons. The quantitative estimate of drug-likeness (QED) is 0.710. The van der Waals surface area contributed by atoms with Crippen LogP contribution < -0.4 is 5.32 Å². The predicted molar refractivity (Wildman–Crippen MR) is 119 cm³/mol. The maximum absolute atomic E-state index is 13.0. The number of benzene rings is 1. The summed E-state index contributed by atoms with van der Waals surface area (Å²) in [6, 6.07) is 6.04. The summed E-state index contributed by atoms with van der Waals surface area (Å²) in [5, 5.41) is 2.83. The van der Waals surface area contributed by atoms with Gasteiger partial charge in [-0.1, -0.05) is 11.8 Å². The first-order valence-electron chi connectivity index (χ1n) is 11.0. The van der Waals surface area contributed by atoms with Crippen LogP contribution in [0.4, 0.5) is 18.9 Å². The van der Waals surface area contributed by atoms with Gasteiger partial charge < -0.3 is 15.1 Å². The van der Waals surface area contributed by atoms with Crippen molar-refractivity contribution < 1.29 is 27.6 Å². The zero-order valence-corrected chi connectivity index (χ0v) is 18.8. The lowest BCUT2D eigenvalue weighted by Gasteiger charge is -2.33. The Balaban J connectivity index is 1.29. The predicted octanol–water partition coefficient (Wildman–Crippen LogP) is 3.52. The summed E-state index contributed by atoms with van der Waals surface area (Å²) in [5.74, 6) is -2.61. The molecule has 0 saturated carbocycles. The molecule has 33 heavy (non-hydrogen) atoms. The van der Waals surface area contributed by atoms with Crippen LogP contribution in [0.15, 0.2) is 29.3 Å². The number of nitrogens with zero attached hydrogens (tertiary/aromatic N) is 3. The summed E-state index contributed by atoms with van der Waals surface area (Å²) >= 11 is 1.31. The number of carbonyl (C=O) groups is 3. The highest BCUT2D eigenvalue weighted by Crippen LogP contribution is 2.33. The highest BCUT2D eigenvalue weighted by atomic mass is 32.2. The normalized spacial score (nSPS) is 23.6. The first-order valence-corrected chi connectivity index (χ1v) is 11.9. The van der Waals surface area contributed by atoms with E-state index in [1.165, 1.54) is 40.9 Å². The van der Waals surface area contributed by atoms with Crippen molar-refractivity contribution >= 4 is 40.3 Å². The summed E-state index contributed by atoms with van der Waals surface area (Å²) in [6.45, 7) is 1.70. The van der Waals surface area contributed by atoms with E-state index in [2.05, 4.69) is 15.2 Å². The standard InChI is InChI=1S/C22H25F3N4O3S/c23-22(24,25)15-4-3-11-29(13-15)20(32)14-5-7-16(8-6-14)26-18(30)12-17-19(31)27-21(33-17)28-9-1-2-10-28/h5-8,15,17H,1-4,9-13H2,(H,26,30)/t15-,17-/m0/s1. The van der Waals surface area contributed by atoms with Gasteiger partial charge in [-0.3, -0.25) is 14.4 Å². The summed E-state index contributed by atoms with van der Waals surface area (Å²) in [6.07, 6.45) is -1.85. The van der Waals surface area contributed by atoms with Crippen LogP contribution in [0.2, 0.25) is 0 Å². The molecule has 0 aromatic heterocycles. The number of amides is 3. The molecule has 1 aromatic carbocycles. The number of aliphatic imine (C=N–C) groups is 1. The van der Waals surface area contributed by atoms with Crippen LogP contribution in [0, 0.1) is 5.92 Å². The summed E-state index contributed by atoms with van der Waals surface area (Å²) < 4.78 is 39.0. The number of carbonyl (C=O) groups excluding carboxylic acids is 3. The minimum atomic E-state index is -4.31. The lowest BCUT2D eigenvalue weighted by molar-refractivity contribution is -0.184. The zero-order valence-electron chi connectivity index (χ0n) is 17.9. The second-order valence-corrected chi connectivity index (χ2v) is 9.66. The average Bonchev–Trinajstić information content (AvgIpc) is 3.44. The third kappa shape index (κ3) is 5.69. The SMILES string of the molecule is O=C(C[C@@H]1SC(N2CCCC2)=NC1=O)Nc1ccc(C(=O)N2CCC[C@H](C(F)(F)F)C2)cc1. The number of nitrogens with one attached hydrogen (secondary N) is 1. The number of piperidine rings is 1. The fourth-order valence-electron chi connectivity index (χ4n) is 4.24. The lowest BCUT2D eigenvalue weighted by Crippen LogP contribution is -2.44. The highest BCUT2D eigenvalue weighted by molar-refractivity contribution is 8.15. The van der Waals surface area contributed by atoms with E-state index in [0.717, 1.165) is 25.9 Å². The van der Waals surface area contributed by atoms with Gasteiger partial charge in [0.15, 0.2) is 5.17 Å². The Morgan fingerprint density at radius 2 is 1.79 bits per heavy atom. The van der Waals surface area contributed by atoms with Crippen molar-refractivity contribution in [2.75, 3.05) is 31.5 Å². The Bertz CT molecular complexity index is 945. The fraction of sp³-hybridized carbons (Fsp3) is 0.545. The summed E-state index contributed by atoms with van der Waals surface area (Å²) in [7, 11) is 0. The first-order chi connectivity index (χ1) is 15.7. The molecule has 3 aliphatic heterocycles. The molecule has 0 spiro atoms. The van der Waals surface area contributed by atoms with E-state index in [0.29, 0.717) is 23.8 Å². The van der Waals surface area contributed by atoms with Crippen LogP contribution in [0.1, 0.15) is 42.5 Å². The summed E-state index contributed by atoms with van der Waals surface area (Å²) in [5.41, 5.74) is 0.709. The fourth-order valence-corrected chi connectivity index (χ4v) is 5.36. The van der Waals surface area contributed by atoms with Crippen molar-refractivity contribution in [2.24, 2.45) is 10.9 Å². The molecule has 2 fully saturated rings. The Morgan fingerprint density at radius 1 is 1.09 bits per heavy atom. The average molecular weight is 483 g/mol. The van der Waals surface area contributed by atoms with Gasteiger partial charge in [-0.15, -0.1) is 0 Å². The van der Waals surface area contributed by atoms with E-state index in [-0.39, 0.29) is 36.8 Å². The van der Waals surface area contributed by atoms with E-state index < -0.39 is 23.3 Å². The molecule has 3 aliphatic rings. The van der Waals surface area contributed by atoms with E-state index in [1.807, 2.05) is 0 Å². The van der Waals surface area contributed by atoms with Gasteiger partial charge >= 0.3 is 6.18 Å². The molecule has 1 N–H and O–H groups in total. The molecule has 0 radical (unpaired) electrons. The zero-order chi connectivity index (χ0) is 23.6. The number of likely N-dealkylation sites (tertiary alicyclic amines) is 2. The number of thioether (sulfide) groups is 1. The molecular formula is C22H25F3N4O3S. The Labute approximate surface area is 193 Å². The van der Waals surface area contributed by atoms with Gasteiger partial charge in [-0.2, -0.15) is 18.2 Å². The van der Waals surface area contributed by atoms with E-state index in [4.69, 9.17) is 0 Å². The van der Waals surface area contributed by atoms with Gasteiger partial charge in [0.2, 0.25) is 5.91 Å². The molecule has 2 saturated heterocycles. The van der Waals surface area contributed by atoms with Crippen LogP contribution in [0.3, 0.4) is 0 Å². The van der Waals surface area contributed by atoms with Gasteiger partial charge in [0, 0.05) is 43.9 Å². The number of hydrogen-bond acceptors (Lipinski definition) is 5. The molecule has 11 heteroatoms. The molecule has 3 heterocycles. The molecule has 4 rings (SSSR count). The van der Waals surface area contributed by atoms with Crippen molar-refractivity contribution in [1.82, 2.24) is 9.80 Å². The minimum absolute atomic E-state index is 0.0162. The number of halogens is 3. The van der Waals surface area contributed by atoms with Crippen LogP contribution in [-0.2, 0) is 9.59 Å². The van der Waals surface area contributed by atoms with Crippen LogP contribution >= 0.6 is 11.8 Å². The van der Waals surface area contributed by atoms with Gasteiger partial charge in [0.25, 0.3) is 11.8 Å². The molecule has 0 bridgehead atoms. The van der Waals surface area contributed by atoms with Crippen LogP contribution in [0.5, 0.6) is 0 Å². The van der Waals surface area contributed by atoms with Crippen LogP contribution in [-0.4, -0.2) is 70.3 Å². The number of amidine groups is 1. The molecule has 7 nitrogen and oxygen atoms in total. The van der Waals surface area contributed by atoms with Crippen LogP contribution in [0.25, 0.3) is 0 Å². The van der Waals surface area contributed by atoms with Crippen molar-refractivity contribution in [2.45, 2.75) is 43.5 Å². The molecule has 1 aromatic rings. The lowest BCUT2D eigenvalue weighted by atomic mass is 9.97. The van der Waals surface area contributed by atoms with Crippen molar-refractivity contribution in [3.63, 3.8) is 0 Å². The molecule has 2 atom stereocenters. The number of alkyl halides is 3. The van der Waals surface area contributed by atoms with Gasteiger partial charge in [-0.25, -0.2) is 0 Å². The smallest absolute Gasteiger partial charge is 0.351 e. The van der Waals surface area contributed by atoms with Crippen molar-refractivity contribution in [3.05, 3.63) is 29.8 Å². The third-order valence-electron chi connectivity index (χ3n) is 6.06. The van der Waals surface area contributed by atoms with Crippen molar-refractivity contribution in [1.29, 1.82) is 0 Å².